The average Bonchev–Trinajstić information content (AvgIpc) is 2.37. The highest BCUT2D eigenvalue weighted by Crippen LogP contribution is 2.33. The monoisotopic (exact) mass is 322 g/mol. The number of benzene rings is 1. The maximum absolute atomic E-state index is 12.9. The number of hydrogen-bond acceptors (Lipinski definition) is 3. The van der Waals surface area contributed by atoms with Crippen LogP contribution in [0.25, 0.3) is 0 Å². The molecule has 1 fully saturated rings. The molecule has 1 aliphatic heterocycles. The molecule has 2 N–H and O–H groups in total. The van der Waals surface area contributed by atoms with Crippen LogP contribution in [0.3, 0.4) is 0 Å². The number of nitrogens with zero attached hydrogens (tertiary/aromatic N) is 1. The molecule has 0 aromatic heterocycles. The zero-order chi connectivity index (χ0) is 15.7. The summed E-state index contributed by atoms with van der Waals surface area (Å²) in [6.45, 7) is 0.473. The van der Waals surface area contributed by atoms with Crippen LogP contribution in [0.15, 0.2) is 24.3 Å². The van der Waals surface area contributed by atoms with Crippen molar-refractivity contribution in [2.75, 3.05) is 13.1 Å². The molecule has 0 unspecified atom stereocenters. The van der Waals surface area contributed by atoms with E-state index in [1.165, 1.54) is 22.5 Å². The van der Waals surface area contributed by atoms with Crippen molar-refractivity contribution in [3.05, 3.63) is 35.4 Å². The molecule has 2 rings (SSSR count). The predicted molar refractivity (Wildman–Crippen MR) is 72.9 cm³/mol. The van der Waals surface area contributed by atoms with Crippen molar-refractivity contribution in [3.8, 4) is 0 Å². The molecule has 0 radical (unpaired) electrons. The van der Waals surface area contributed by atoms with E-state index in [9.17, 15) is 21.6 Å². The zero-order valence-corrected chi connectivity index (χ0v) is 12.1. The molecule has 0 saturated carbocycles. The van der Waals surface area contributed by atoms with Crippen LogP contribution in [0.5, 0.6) is 0 Å². The first-order valence-electron chi connectivity index (χ1n) is 6.58. The Bertz CT molecular complexity index is 602. The van der Waals surface area contributed by atoms with Crippen molar-refractivity contribution in [2.45, 2.75) is 30.8 Å². The highest BCUT2D eigenvalue weighted by Gasteiger charge is 2.35. The molecule has 21 heavy (non-hydrogen) atoms. The summed E-state index contributed by atoms with van der Waals surface area (Å²) in [6, 6.07) is 4.49. The third kappa shape index (κ3) is 3.96. The third-order valence-electron chi connectivity index (χ3n) is 3.47. The summed E-state index contributed by atoms with van der Waals surface area (Å²) >= 11 is 0. The number of sulfonamides is 1. The fourth-order valence-electron chi connectivity index (χ4n) is 2.44. The van der Waals surface area contributed by atoms with E-state index in [0.29, 0.717) is 13.0 Å². The lowest BCUT2D eigenvalue weighted by molar-refractivity contribution is -0.138. The van der Waals surface area contributed by atoms with Gasteiger partial charge in [-0.05, 0) is 24.5 Å². The van der Waals surface area contributed by atoms with Crippen molar-refractivity contribution < 1.29 is 21.6 Å². The molecule has 1 aliphatic rings. The SMILES string of the molecule is N[C@@H]1CCCN(S(=O)(=O)Cc2ccccc2C(F)(F)F)C1. The second kappa shape index (κ2) is 5.94. The maximum atomic E-state index is 12.9. The lowest BCUT2D eigenvalue weighted by Gasteiger charge is -2.30. The lowest BCUT2D eigenvalue weighted by atomic mass is 10.1. The van der Waals surface area contributed by atoms with Gasteiger partial charge in [0.2, 0.25) is 10.0 Å². The number of nitrogens with two attached hydrogens (primary N) is 1. The maximum Gasteiger partial charge on any atom is 0.416 e. The molecule has 1 atom stereocenters. The van der Waals surface area contributed by atoms with Gasteiger partial charge in [0.05, 0.1) is 11.3 Å². The fraction of sp³-hybridized carbons (Fsp3) is 0.538. The minimum Gasteiger partial charge on any atom is -0.327 e. The summed E-state index contributed by atoms with van der Waals surface area (Å²) in [4.78, 5) is 0. The van der Waals surface area contributed by atoms with Crippen molar-refractivity contribution in [2.24, 2.45) is 5.73 Å². The van der Waals surface area contributed by atoms with Gasteiger partial charge in [0.1, 0.15) is 0 Å². The highest BCUT2D eigenvalue weighted by molar-refractivity contribution is 7.88. The molecule has 4 nitrogen and oxygen atoms in total. The van der Waals surface area contributed by atoms with Crippen LogP contribution >= 0.6 is 0 Å². The van der Waals surface area contributed by atoms with Crippen LogP contribution in [0, 0.1) is 0 Å². The first-order chi connectivity index (χ1) is 9.70. The number of alkyl halides is 3. The Balaban J connectivity index is 2.25. The molecule has 118 valence electrons. The van der Waals surface area contributed by atoms with Gasteiger partial charge in [0, 0.05) is 19.1 Å². The van der Waals surface area contributed by atoms with Crippen LogP contribution in [-0.4, -0.2) is 31.9 Å². The van der Waals surface area contributed by atoms with Crippen LogP contribution in [0.4, 0.5) is 13.2 Å². The first kappa shape index (κ1) is 16.3. The van der Waals surface area contributed by atoms with E-state index in [2.05, 4.69) is 0 Å². The number of halogens is 3. The highest BCUT2D eigenvalue weighted by atomic mass is 32.2. The number of hydrogen-bond donors (Lipinski definition) is 1. The van der Waals surface area contributed by atoms with Crippen LogP contribution in [0.2, 0.25) is 0 Å². The summed E-state index contributed by atoms with van der Waals surface area (Å²) in [6.07, 6.45) is -3.21. The predicted octanol–water partition coefficient (Wildman–Crippen LogP) is 1.96. The third-order valence-corrected chi connectivity index (χ3v) is 5.27. The smallest absolute Gasteiger partial charge is 0.327 e. The molecule has 1 aromatic rings. The fourth-order valence-corrected chi connectivity index (χ4v) is 4.09. The van der Waals surface area contributed by atoms with Gasteiger partial charge in [-0.25, -0.2) is 12.7 Å². The molecular formula is C13H17F3N2O2S. The Morgan fingerprint density at radius 2 is 1.95 bits per heavy atom. The molecule has 0 bridgehead atoms. The minimum atomic E-state index is -4.57. The summed E-state index contributed by atoms with van der Waals surface area (Å²) in [7, 11) is -3.80. The number of piperidine rings is 1. The Hall–Kier alpha value is -1.12. The summed E-state index contributed by atoms with van der Waals surface area (Å²) < 4.78 is 64.5. The van der Waals surface area contributed by atoms with E-state index < -0.39 is 27.5 Å². The van der Waals surface area contributed by atoms with Gasteiger partial charge < -0.3 is 5.73 Å². The largest absolute Gasteiger partial charge is 0.416 e. The van der Waals surface area contributed by atoms with Crippen molar-refractivity contribution in [1.82, 2.24) is 4.31 Å². The molecule has 1 saturated heterocycles. The van der Waals surface area contributed by atoms with Crippen molar-refractivity contribution in [1.29, 1.82) is 0 Å². The van der Waals surface area contributed by atoms with Crippen LogP contribution < -0.4 is 5.73 Å². The second-order valence-corrected chi connectivity index (χ2v) is 7.14. The second-order valence-electron chi connectivity index (χ2n) is 5.17. The van der Waals surface area contributed by atoms with E-state index in [-0.39, 0.29) is 18.2 Å². The Kier molecular flexibility index (Phi) is 4.60. The van der Waals surface area contributed by atoms with Crippen molar-refractivity contribution >= 4 is 10.0 Å². The van der Waals surface area contributed by atoms with Crippen LogP contribution in [0.1, 0.15) is 24.0 Å². The van der Waals surface area contributed by atoms with E-state index in [4.69, 9.17) is 5.73 Å². The van der Waals surface area contributed by atoms with Gasteiger partial charge in [-0.15, -0.1) is 0 Å². The Morgan fingerprint density at radius 3 is 2.57 bits per heavy atom. The number of rotatable bonds is 3. The van der Waals surface area contributed by atoms with E-state index >= 15 is 0 Å². The van der Waals surface area contributed by atoms with Gasteiger partial charge in [-0.3, -0.25) is 0 Å². The van der Waals surface area contributed by atoms with E-state index in [0.717, 1.165) is 12.5 Å². The van der Waals surface area contributed by atoms with Gasteiger partial charge in [-0.1, -0.05) is 18.2 Å². The summed E-state index contributed by atoms with van der Waals surface area (Å²) in [5.74, 6) is -0.657. The molecule has 1 heterocycles. The molecule has 0 amide bonds. The topological polar surface area (TPSA) is 63.4 Å². The summed E-state index contributed by atoms with van der Waals surface area (Å²) in [5, 5.41) is 0. The summed E-state index contributed by atoms with van der Waals surface area (Å²) in [5.41, 5.74) is 4.59. The average molecular weight is 322 g/mol. The van der Waals surface area contributed by atoms with Gasteiger partial charge in [0.15, 0.2) is 0 Å². The Morgan fingerprint density at radius 1 is 1.29 bits per heavy atom. The van der Waals surface area contributed by atoms with Crippen LogP contribution in [-0.2, 0) is 22.0 Å². The zero-order valence-electron chi connectivity index (χ0n) is 11.3. The molecule has 0 spiro atoms. The molecular weight excluding hydrogens is 305 g/mol. The van der Waals surface area contributed by atoms with E-state index in [1.54, 1.807) is 0 Å². The van der Waals surface area contributed by atoms with Gasteiger partial charge in [-0.2, -0.15) is 13.2 Å². The quantitative estimate of drug-likeness (QED) is 0.925. The normalized spacial score (nSPS) is 21.4. The Labute approximate surface area is 121 Å². The lowest BCUT2D eigenvalue weighted by Crippen LogP contribution is -2.46. The minimum absolute atomic E-state index is 0.163. The molecule has 1 aromatic carbocycles. The molecule has 0 aliphatic carbocycles. The molecule has 8 heteroatoms. The van der Waals surface area contributed by atoms with Gasteiger partial charge >= 0.3 is 6.18 Å². The van der Waals surface area contributed by atoms with Crippen molar-refractivity contribution in [3.63, 3.8) is 0 Å². The van der Waals surface area contributed by atoms with E-state index in [1.807, 2.05) is 0 Å². The first-order valence-corrected chi connectivity index (χ1v) is 8.19. The standard InChI is InChI=1S/C13H17F3N2O2S/c14-13(15,16)12-6-2-1-4-10(12)9-21(19,20)18-7-3-5-11(17)8-18/h1-2,4,6,11H,3,5,7-9,17H2/t11-/m1/s1. The van der Waals surface area contributed by atoms with Gasteiger partial charge in [0.25, 0.3) is 0 Å².